The molecule has 94 valence electrons. The molecule has 2 N–H and O–H groups in total. The third-order valence-corrected chi connectivity index (χ3v) is 2.43. The van der Waals surface area contributed by atoms with E-state index in [0.29, 0.717) is 11.4 Å². The zero-order chi connectivity index (χ0) is 13.0. The van der Waals surface area contributed by atoms with Gasteiger partial charge in [0.25, 0.3) is 5.91 Å². The first-order valence-electron chi connectivity index (χ1n) is 5.57. The molecule has 0 spiro atoms. The second kappa shape index (κ2) is 5.42. The van der Waals surface area contributed by atoms with Gasteiger partial charge in [0.2, 0.25) is 0 Å². The molecule has 0 aliphatic carbocycles. The van der Waals surface area contributed by atoms with Crippen molar-refractivity contribution < 1.29 is 9.90 Å². The van der Waals surface area contributed by atoms with Gasteiger partial charge < -0.3 is 10.4 Å². The van der Waals surface area contributed by atoms with Crippen molar-refractivity contribution in [3.05, 3.63) is 42.6 Å². The summed E-state index contributed by atoms with van der Waals surface area (Å²) in [6, 6.07) is 3.15. The standard InChI is InChI=1S/C12H14N4O2/c1-9(7-17)15-12(18)10-2-3-11(14-6-10)16-5-4-13-8-16/h2-6,8-9,17H,7H2,1H3,(H,15,18)/t9-/m1/s1. The van der Waals surface area contributed by atoms with Crippen LogP contribution in [0.4, 0.5) is 0 Å². The van der Waals surface area contributed by atoms with Crippen LogP contribution in [-0.4, -0.2) is 38.2 Å². The summed E-state index contributed by atoms with van der Waals surface area (Å²) in [5, 5.41) is 11.5. The van der Waals surface area contributed by atoms with Crippen molar-refractivity contribution in [1.29, 1.82) is 0 Å². The summed E-state index contributed by atoms with van der Waals surface area (Å²) in [5.41, 5.74) is 0.458. The number of hydrogen-bond donors (Lipinski definition) is 2. The Morgan fingerprint density at radius 1 is 1.56 bits per heavy atom. The van der Waals surface area contributed by atoms with Crippen molar-refractivity contribution >= 4 is 5.91 Å². The SMILES string of the molecule is C[C@H](CO)NC(=O)c1ccc(-n2ccnc2)nc1. The Morgan fingerprint density at radius 3 is 2.94 bits per heavy atom. The largest absolute Gasteiger partial charge is 0.394 e. The molecule has 0 fully saturated rings. The van der Waals surface area contributed by atoms with Crippen molar-refractivity contribution in [3.63, 3.8) is 0 Å². The van der Waals surface area contributed by atoms with Gasteiger partial charge in [0.1, 0.15) is 12.1 Å². The number of nitrogens with zero attached hydrogens (tertiary/aromatic N) is 3. The molecular weight excluding hydrogens is 232 g/mol. The summed E-state index contributed by atoms with van der Waals surface area (Å²) in [7, 11) is 0. The predicted molar refractivity (Wildman–Crippen MR) is 65.4 cm³/mol. The number of aliphatic hydroxyl groups is 1. The summed E-state index contributed by atoms with van der Waals surface area (Å²) in [4.78, 5) is 19.8. The molecule has 0 unspecified atom stereocenters. The second-order valence-corrected chi connectivity index (χ2v) is 3.93. The number of carbonyl (C=O) groups is 1. The number of aliphatic hydroxyl groups excluding tert-OH is 1. The Morgan fingerprint density at radius 2 is 2.39 bits per heavy atom. The molecule has 6 nitrogen and oxygen atoms in total. The fourth-order valence-electron chi connectivity index (χ4n) is 1.42. The highest BCUT2D eigenvalue weighted by Gasteiger charge is 2.09. The quantitative estimate of drug-likeness (QED) is 0.817. The van der Waals surface area contributed by atoms with Gasteiger partial charge in [-0.1, -0.05) is 0 Å². The van der Waals surface area contributed by atoms with Crippen LogP contribution in [0.1, 0.15) is 17.3 Å². The minimum Gasteiger partial charge on any atom is -0.394 e. The average molecular weight is 246 g/mol. The molecule has 6 heteroatoms. The molecule has 0 aromatic carbocycles. The minimum atomic E-state index is -0.272. The number of aromatic nitrogens is 3. The highest BCUT2D eigenvalue weighted by atomic mass is 16.3. The number of rotatable bonds is 4. The van der Waals surface area contributed by atoms with Crippen molar-refractivity contribution in [2.24, 2.45) is 0 Å². The van der Waals surface area contributed by atoms with Crippen LogP contribution < -0.4 is 5.32 Å². The third kappa shape index (κ3) is 2.72. The maximum Gasteiger partial charge on any atom is 0.253 e. The van der Waals surface area contributed by atoms with Gasteiger partial charge in [-0.3, -0.25) is 9.36 Å². The zero-order valence-electron chi connectivity index (χ0n) is 9.95. The van der Waals surface area contributed by atoms with E-state index in [9.17, 15) is 4.79 Å². The highest BCUT2D eigenvalue weighted by molar-refractivity contribution is 5.94. The Labute approximate surface area is 104 Å². The second-order valence-electron chi connectivity index (χ2n) is 3.93. The lowest BCUT2D eigenvalue weighted by Gasteiger charge is -2.10. The highest BCUT2D eigenvalue weighted by Crippen LogP contribution is 2.05. The number of imidazole rings is 1. The molecule has 1 atom stereocenters. The van der Waals surface area contributed by atoms with E-state index in [2.05, 4.69) is 15.3 Å². The molecule has 2 aromatic heterocycles. The van der Waals surface area contributed by atoms with Crippen LogP contribution in [0.2, 0.25) is 0 Å². The van der Waals surface area contributed by atoms with Gasteiger partial charge in [-0.05, 0) is 19.1 Å². The number of amides is 1. The van der Waals surface area contributed by atoms with Crippen molar-refractivity contribution in [3.8, 4) is 5.82 Å². The van der Waals surface area contributed by atoms with E-state index in [1.165, 1.54) is 6.20 Å². The van der Waals surface area contributed by atoms with Gasteiger partial charge in [-0.25, -0.2) is 9.97 Å². The summed E-state index contributed by atoms with van der Waals surface area (Å²) in [6.45, 7) is 1.64. The van der Waals surface area contributed by atoms with Crippen LogP contribution in [0.5, 0.6) is 0 Å². The molecule has 18 heavy (non-hydrogen) atoms. The van der Waals surface area contributed by atoms with Gasteiger partial charge in [-0.2, -0.15) is 0 Å². The summed E-state index contributed by atoms with van der Waals surface area (Å²) in [5.74, 6) is 0.445. The maximum atomic E-state index is 11.7. The lowest BCUT2D eigenvalue weighted by atomic mass is 10.2. The molecule has 0 aliphatic rings. The molecule has 0 radical (unpaired) electrons. The number of nitrogens with one attached hydrogen (secondary N) is 1. The molecule has 2 aromatic rings. The van der Waals surface area contributed by atoms with Crippen molar-refractivity contribution in [1.82, 2.24) is 19.9 Å². The van der Waals surface area contributed by atoms with Crippen molar-refractivity contribution in [2.75, 3.05) is 6.61 Å². The van der Waals surface area contributed by atoms with E-state index in [4.69, 9.17) is 5.11 Å². The van der Waals surface area contributed by atoms with E-state index in [1.807, 2.05) is 0 Å². The van der Waals surface area contributed by atoms with Gasteiger partial charge in [0, 0.05) is 24.6 Å². The van der Waals surface area contributed by atoms with Crippen LogP contribution in [0.3, 0.4) is 0 Å². The lowest BCUT2D eigenvalue weighted by molar-refractivity contribution is 0.0922. The topological polar surface area (TPSA) is 80.0 Å². The van der Waals surface area contributed by atoms with Crippen LogP contribution in [0.25, 0.3) is 5.82 Å². The Balaban J connectivity index is 2.10. The Hall–Kier alpha value is -2.21. The van der Waals surface area contributed by atoms with Crippen molar-refractivity contribution in [2.45, 2.75) is 13.0 Å². The van der Waals surface area contributed by atoms with E-state index >= 15 is 0 Å². The summed E-state index contributed by atoms with van der Waals surface area (Å²) < 4.78 is 1.75. The Kier molecular flexibility index (Phi) is 3.69. The first-order valence-corrected chi connectivity index (χ1v) is 5.57. The molecule has 0 saturated heterocycles. The van der Waals surface area contributed by atoms with Gasteiger partial charge in [0.05, 0.1) is 12.2 Å². The number of pyridine rings is 1. The van der Waals surface area contributed by atoms with Crippen LogP contribution in [0, 0.1) is 0 Å². The maximum absolute atomic E-state index is 11.7. The number of carbonyl (C=O) groups excluding carboxylic acids is 1. The molecule has 0 aliphatic heterocycles. The van der Waals surface area contributed by atoms with Gasteiger partial charge in [0.15, 0.2) is 0 Å². The van der Waals surface area contributed by atoms with Crippen LogP contribution >= 0.6 is 0 Å². The van der Waals surface area contributed by atoms with E-state index in [0.717, 1.165) is 0 Å². The molecule has 2 rings (SSSR count). The van der Waals surface area contributed by atoms with E-state index < -0.39 is 0 Å². The smallest absolute Gasteiger partial charge is 0.253 e. The minimum absolute atomic E-state index is 0.0910. The average Bonchev–Trinajstić information content (AvgIpc) is 2.92. The zero-order valence-corrected chi connectivity index (χ0v) is 9.95. The summed E-state index contributed by atoms with van der Waals surface area (Å²) >= 11 is 0. The molecule has 0 bridgehead atoms. The lowest BCUT2D eigenvalue weighted by Crippen LogP contribution is -2.35. The molecular formula is C12H14N4O2. The van der Waals surface area contributed by atoms with E-state index in [-0.39, 0.29) is 18.6 Å². The number of hydrogen-bond acceptors (Lipinski definition) is 4. The predicted octanol–water partition coefficient (Wildman–Crippen LogP) is 0.378. The molecule has 0 saturated carbocycles. The summed E-state index contributed by atoms with van der Waals surface area (Å²) in [6.07, 6.45) is 6.56. The monoisotopic (exact) mass is 246 g/mol. The normalized spacial score (nSPS) is 12.1. The molecule has 1 amide bonds. The van der Waals surface area contributed by atoms with E-state index in [1.54, 1.807) is 42.3 Å². The first kappa shape index (κ1) is 12.3. The van der Waals surface area contributed by atoms with Gasteiger partial charge in [-0.15, -0.1) is 0 Å². The first-order chi connectivity index (χ1) is 8.70. The third-order valence-electron chi connectivity index (χ3n) is 2.43. The Bertz CT molecular complexity index is 507. The van der Waals surface area contributed by atoms with Gasteiger partial charge >= 0.3 is 0 Å². The van der Waals surface area contributed by atoms with Crippen LogP contribution in [0.15, 0.2) is 37.1 Å². The fourth-order valence-corrected chi connectivity index (χ4v) is 1.42. The molecule has 2 heterocycles. The van der Waals surface area contributed by atoms with Crippen LogP contribution in [-0.2, 0) is 0 Å². The fraction of sp³-hybridized carbons (Fsp3) is 0.250.